The van der Waals surface area contributed by atoms with Crippen molar-refractivity contribution in [2.75, 3.05) is 32.8 Å². The zero-order valence-electron chi connectivity index (χ0n) is 19.0. The predicted octanol–water partition coefficient (Wildman–Crippen LogP) is 3.63. The second kappa shape index (κ2) is 10.9. The van der Waals surface area contributed by atoms with E-state index in [1.807, 2.05) is 13.0 Å². The fourth-order valence-electron chi connectivity index (χ4n) is 4.05. The minimum Gasteiger partial charge on any atom is -0.507 e. The summed E-state index contributed by atoms with van der Waals surface area (Å²) in [5.74, 6) is -0.894. The van der Waals surface area contributed by atoms with Gasteiger partial charge in [-0.1, -0.05) is 32.0 Å². The molecule has 0 saturated carbocycles. The Balaban J connectivity index is 2.00. The summed E-state index contributed by atoms with van der Waals surface area (Å²) < 4.78 is 5.53. The molecular weight excluding hydrogens is 406 g/mol. The van der Waals surface area contributed by atoms with Crippen molar-refractivity contribution in [2.24, 2.45) is 0 Å². The quantitative estimate of drug-likeness (QED) is 0.347. The van der Waals surface area contributed by atoms with E-state index in [1.165, 1.54) is 0 Å². The summed E-state index contributed by atoms with van der Waals surface area (Å²) in [6.45, 7) is 9.65. The summed E-state index contributed by atoms with van der Waals surface area (Å²) in [6, 6.07) is 9.81. The van der Waals surface area contributed by atoms with Gasteiger partial charge in [0.05, 0.1) is 18.2 Å². The number of ether oxygens (including phenoxy) is 1. The number of Topliss-reactive ketones (excluding diaryl/α,β-unsaturated/α-hetero) is 1. The number of carbonyl (C=O) groups excluding carboxylic acids is 2. The smallest absolute Gasteiger partial charge is 0.295 e. The average Bonchev–Trinajstić information content (AvgIpc) is 3.07. The number of nitrogens with zero attached hydrogens (tertiary/aromatic N) is 3. The maximum Gasteiger partial charge on any atom is 0.295 e. The molecule has 0 aliphatic carbocycles. The molecule has 0 radical (unpaired) electrons. The number of likely N-dealkylation sites (tertiary alicyclic amines) is 1. The second-order valence-electron chi connectivity index (χ2n) is 7.62. The highest BCUT2D eigenvalue weighted by Crippen LogP contribution is 2.39. The normalized spacial score (nSPS) is 17.9. The molecule has 0 spiro atoms. The van der Waals surface area contributed by atoms with E-state index in [-0.39, 0.29) is 11.3 Å². The molecular formula is C25H31N3O4. The summed E-state index contributed by atoms with van der Waals surface area (Å²) in [7, 11) is 0. The van der Waals surface area contributed by atoms with Crippen molar-refractivity contribution in [3.63, 3.8) is 0 Å². The third kappa shape index (κ3) is 4.99. The highest BCUT2D eigenvalue weighted by molar-refractivity contribution is 6.46. The van der Waals surface area contributed by atoms with Crippen molar-refractivity contribution >= 4 is 17.4 Å². The van der Waals surface area contributed by atoms with Crippen LogP contribution in [-0.4, -0.2) is 64.4 Å². The van der Waals surface area contributed by atoms with Crippen molar-refractivity contribution in [3.05, 3.63) is 65.5 Å². The van der Waals surface area contributed by atoms with Crippen LogP contribution in [0.2, 0.25) is 0 Å². The van der Waals surface area contributed by atoms with Crippen LogP contribution in [0.15, 0.2) is 54.4 Å². The first kappa shape index (κ1) is 23.5. The van der Waals surface area contributed by atoms with Gasteiger partial charge in [-0.2, -0.15) is 0 Å². The Morgan fingerprint density at radius 3 is 2.59 bits per heavy atom. The Morgan fingerprint density at radius 2 is 1.94 bits per heavy atom. The van der Waals surface area contributed by atoms with Crippen LogP contribution in [0.1, 0.15) is 44.4 Å². The Hall–Kier alpha value is -3.19. The number of aliphatic hydroxyl groups is 1. The molecule has 1 aromatic carbocycles. The molecule has 170 valence electrons. The number of rotatable bonds is 10. The van der Waals surface area contributed by atoms with Crippen LogP contribution in [-0.2, 0) is 9.59 Å². The average molecular weight is 438 g/mol. The molecule has 1 fully saturated rings. The van der Waals surface area contributed by atoms with Crippen molar-refractivity contribution in [2.45, 2.75) is 33.2 Å². The first-order valence-corrected chi connectivity index (χ1v) is 11.2. The van der Waals surface area contributed by atoms with E-state index in [0.29, 0.717) is 30.0 Å². The van der Waals surface area contributed by atoms with Crippen LogP contribution < -0.4 is 4.74 Å². The molecule has 2 heterocycles. The van der Waals surface area contributed by atoms with E-state index in [0.717, 1.165) is 26.1 Å². The van der Waals surface area contributed by atoms with Gasteiger partial charge in [-0.15, -0.1) is 0 Å². The Bertz CT molecular complexity index is 970. The van der Waals surface area contributed by atoms with Crippen LogP contribution in [0.3, 0.4) is 0 Å². The van der Waals surface area contributed by atoms with Gasteiger partial charge in [0.1, 0.15) is 11.5 Å². The predicted molar refractivity (Wildman–Crippen MR) is 123 cm³/mol. The zero-order valence-corrected chi connectivity index (χ0v) is 19.0. The number of aliphatic hydroxyl groups excluding tert-OH is 1. The van der Waals surface area contributed by atoms with E-state index in [1.54, 1.807) is 47.6 Å². The maximum absolute atomic E-state index is 13.1. The summed E-state index contributed by atoms with van der Waals surface area (Å²) in [5, 5.41) is 11.1. The standard InChI is InChI=1S/C25H31N3O4/c1-4-27(5-2)14-9-15-28-22(19-11-8-13-26-17-19)21(24(30)25(28)31)23(29)18-10-7-12-20(16-18)32-6-3/h7-8,10-13,16-17,22,29H,4-6,9,14-15H2,1-3H3. The summed E-state index contributed by atoms with van der Waals surface area (Å²) in [5.41, 5.74) is 1.21. The number of hydrogen-bond acceptors (Lipinski definition) is 6. The molecule has 1 aliphatic rings. The number of carbonyl (C=O) groups is 2. The molecule has 32 heavy (non-hydrogen) atoms. The van der Waals surface area contributed by atoms with Gasteiger partial charge >= 0.3 is 0 Å². The molecule has 7 heteroatoms. The lowest BCUT2D eigenvalue weighted by molar-refractivity contribution is -0.140. The fourth-order valence-corrected chi connectivity index (χ4v) is 4.05. The monoisotopic (exact) mass is 437 g/mol. The van der Waals surface area contributed by atoms with Gasteiger partial charge in [-0.25, -0.2) is 0 Å². The molecule has 1 aromatic heterocycles. The molecule has 1 aliphatic heterocycles. The summed E-state index contributed by atoms with van der Waals surface area (Å²) >= 11 is 0. The lowest BCUT2D eigenvalue weighted by Crippen LogP contribution is -2.33. The topological polar surface area (TPSA) is 83.0 Å². The van der Waals surface area contributed by atoms with Crippen LogP contribution in [0, 0.1) is 0 Å². The minimum absolute atomic E-state index is 0.0829. The number of benzene rings is 1. The Kier molecular flexibility index (Phi) is 8.00. The number of amides is 1. The number of pyridine rings is 1. The van der Waals surface area contributed by atoms with Crippen LogP contribution in [0.5, 0.6) is 5.75 Å². The summed E-state index contributed by atoms with van der Waals surface area (Å²) in [4.78, 5) is 34.1. The van der Waals surface area contributed by atoms with E-state index < -0.39 is 17.7 Å². The van der Waals surface area contributed by atoms with Gasteiger partial charge in [-0.05, 0) is 56.7 Å². The molecule has 7 nitrogen and oxygen atoms in total. The van der Waals surface area contributed by atoms with Crippen molar-refractivity contribution in [1.82, 2.24) is 14.8 Å². The molecule has 1 unspecified atom stereocenters. The van der Waals surface area contributed by atoms with Gasteiger partial charge in [0.25, 0.3) is 11.7 Å². The second-order valence-corrected chi connectivity index (χ2v) is 7.62. The molecule has 3 rings (SSSR count). The largest absolute Gasteiger partial charge is 0.507 e. The van der Waals surface area contributed by atoms with Gasteiger partial charge in [-0.3, -0.25) is 14.6 Å². The minimum atomic E-state index is -0.684. The number of ketones is 1. The Labute approximate surface area is 189 Å². The number of hydrogen-bond donors (Lipinski definition) is 1. The van der Waals surface area contributed by atoms with E-state index in [4.69, 9.17) is 4.74 Å². The van der Waals surface area contributed by atoms with Gasteiger partial charge in [0.15, 0.2) is 0 Å². The highest BCUT2D eigenvalue weighted by atomic mass is 16.5. The van der Waals surface area contributed by atoms with E-state index >= 15 is 0 Å². The first-order valence-electron chi connectivity index (χ1n) is 11.2. The molecule has 1 amide bonds. The lowest BCUT2D eigenvalue weighted by atomic mass is 9.96. The molecule has 1 atom stereocenters. The van der Waals surface area contributed by atoms with Crippen molar-refractivity contribution in [3.8, 4) is 5.75 Å². The van der Waals surface area contributed by atoms with Crippen LogP contribution in [0.25, 0.3) is 5.76 Å². The van der Waals surface area contributed by atoms with Crippen molar-refractivity contribution in [1.29, 1.82) is 0 Å². The highest BCUT2D eigenvalue weighted by Gasteiger charge is 2.45. The Morgan fingerprint density at radius 1 is 1.16 bits per heavy atom. The molecule has 1 N–H and O–H groups in total. The zero-order chi connectivity index (χ0) is 23.1. The lowest BCUT2D eigenvalue weighted by Gasteiger charge is -2.26. The van der Waals surface area contributed by atoms with Crippen LogP contribution >= 0.6 is 0 Å². The van der Waals surface area contributed by atoms with E-state index in [9.17, 15) is 14.7 Å². The van der Waals surface area contributed by atoms with E-state index in [2.05, 4.69) is 23.7 Å². The van der Waals surface area contributed by atoms with Gasteiger partial charge in [0, 0.05) is 24.5 Å². The third-order valence-corrected chi connectivity index (χ3v) is 5.73. The summed E-state index contributed by atoms with van der Waals surface area (Å²) in [6.07, 6.45) is 4.00. The molecule has 0 bridgehead atoms. The van der Waals surface area contributed by atoms with Crippen LogP contribution in [0.4, 0.5) is 0 Å². The molecule has 2 aromatic rings. The van der Waals surface area contributed by atoms with Gasteiger partial charge in [0.2, 0.25) is 0 Å². The molecule has 1 saturated heterocycles. The third-order valence-electron chi connectivity index (χ3n) is 5.73. The maximum atomic E-state index is 13.1. The first-order chi connectivity index (χ1) is 15.5. The SMILES string of the molecule is CCOc1cccc(C(O)=C2C(=O)C(=O)N(CCCN(CC)CC)C2c2cccnc2)c1. The fraction of sp³-hybridized carbons (Fsp3) is 0.400. The van der Waals surface area contributed by atoms with Gasteiger partial charge < -0.3 is 19.6 Å². The number of aromatic nitrogens is 1. The van der Waals surface area contributed by atoms with Crippen molar-refractivity contribution < 1.29 is 19.4 Å².